The standard InChI is InChI=1S/C8H6ClN3OS2/c1-14-8-12-5-4(9)3(6(10)13)2-11-7(5)15-8/h2H,1H3,(H2,10,13). The number of rotatable bonds is 2. The van der Waals surface area contributed by atoms with Gasteiger partial charge in [0.15, 0.2) is 4.34 Å². The van der Waals surface area contributed by atoms with Crippen LogP contribution in [0.15, 0.2) is 10.5 Å². The number of primary amides is 1. The summed E-state index contributed by atoms with van der Waals surface area (Å²) >= 11 is 8.95. The Kier molecular flexibility index (Phi) is 2.81. The molecule has 78 valence electrons. The first-order chi connectivity index (χ1) is 7.13. The zero-order chi connectivity index (χ0) is 11.0. The molecule has 0 aliphatic heterocycles. The Hall–Kier alpha value is -0.850. The Balaban J connectivity index is 2.72. The number of fused-ring (bicyclic) bond motifs is 1. The molecular formula is C8H6ClN3OS2. The number of nitrogens with zero attached hydrogens (tertiary/aromatic N) is 2. The lowest BCUT2D eigenvalue weighted by Crippen LogP contribution is -2.11. The molecule has 15 heavy (non-hydrogen) atoms. The molecule has 0 unspecified atom stereocenters. The highest BCUT2D eigenvalue weighted by Crippen LogP contribution is 2.32. The molecule has 4 nitrogen and oxygen atoms in total. The summed E-state index contributed by atoms with van der Waals surface area (Å²) in [6.45, 7) is 0. The van der Waals surface area contributed by atoms with Gasteiger partial charge in [0, 0.05) is 6.20 Å². The van der Waals surface area contributed by atoms with Gasteiger partial charge >= 0.3 is 0 Å². The van der Waals surface area contributed by atoms with Crippen molar-refractivity contribution in [2.75, 3.05) is 6.26 Å². The monoisotopic (exact) mass is 259 g/mol. The highest BCUT2D eigenvalue weighted by Gasteiger charge is 2.14. The fourth-order valence-corrected chi connectivity index (χ4v) is 2.82. The predicted molar refractivity (Wildman–Crippen MR) is 62.7 cm³/mol. The van der Waals surface area contributed by atoms with Crippen LogP contribution in [0.3, 0.4) is 0 Å². The molecular weight excluding hydrogens is 254 g/mol. The predicted octanol–water partition coefficient (Wildman–Crippen LogP) is 2.17. The number of amides is 1. The van der Waals surface area contributed by atoms with E-state index in [1.165, 1.54) is 29.3 Å². The number of carbonyl (C=O) groups excluding carboxylic acids is 1. The molecule has 2 heterocycles. The summed E-state index contributed by atoms with van der Waals surface area (Å²) in [6, 6.07) is 0. The van der Waals surface area contributed by atoms with Crippen molar-refractivity contribution < 1.29 is 4.79 Å². The number of aromatic nitrogens is 2. The first-order valence-electron chi connectivity index (χ1n) is 3.92. The number of halogens is 1. The van der Waals surface area contributed by atoms with Crippen LogP contribution in [0.2, 0.25) is 5.02 Å². The van der Waals surface area contributed by atoms with Gasteiger partial charge in [-0.05, 0) is 6.26 Å². The van der Waals surface area contributed by atoms with E-state index in [9.17, 15) is 4.79 Å². The zero-order valence-electron chi connectivity index (χ0n) is 7.65. The van der Waals surface area contributed by atoms with Gasteiger partial charge < -0.3 is 5.73 Å². The van der Waals surface area contributed by atoms with Crippen LogP contribution in [0.1, 0.15) is 10.4 Å². The van der Waals surface area contributed by atoms with Crippen LogP contribution < -0.4 is 5.73 Å². The first-order valence-corrected chi connectivity index (χ1v) is 6.34. The van der Waals surface area contributed by atoms with E-state index in [2.05, 4.69) is 9.97 Å². The van der Waals surface area contributed by atoms with Crippen molar-refractivity contribution in [3.8, 4) is 0 Å². The van der Waals surface area contributed by atoms with Gasteiger partial charge in [0.25, 0.3) is 5.91 Å². The second-order valence-corrected chi connectivity index (χ2v) is 5.10. The van der Waals surface area contributed by atoms with Crippen LogP contribution in [-0.4, -0.2) is 22.1 Å². The van der Waals surface area contributed by atoms with Crippen molar-refractivity contribution >= 4 is 51.0 Å². The minimum atomic E-state index is -0.590. The maximum atomic E-state index is 11.0. The van der Waals surface area contributed by atoms with E-state index in [0.717, 1.165) is 4.34 Å². The Labute approximate surface area is 98.9 Å². The number of hydrogen-bond acceptors (Lipinski definition) is 5. The van der Waals surface area contributed by atoms with Crippen molar-refractivity contribution in [1.29, 1.82) is 0 Å². The maximum absolute atomic E-state index is 11.0. The normalized spacial score (nSPS) is 10.8. The smallest absolute Gasteiger partial charge is 0.251 e. The fourth-order valence-electron chi connectivity index (χ4n) is 1.09. The third kappa shape index (κ3) is 1.80. The lowest BCUT2D eigenvalue weighted by atomic mass is 10.2. The average molecular weight is 260 g/mol. The second-order valence-electron chi connectivity index (χ2n) is 2.69. The van der Waals surface area contributed by atoms with Gasteiger partial charge in [-0.2, -0.15) is 0 Å². The molecule has 0 fully saturated rings. The molecule has 0 bridgehead atoms. The molecule has 0 spiro atoms. The summed E-state index contributed by atoms with van der Waals surface area (Å²) in [7, 11) is 0. The maximum Gasteiger partial charge on any atom is 0.251 e. The summed E-state index contributed by atoms with van der Waals surface area (Å²) in [4.78, 5) is 20.1. The Bertz CT molecular complexity index is 540. The quantitative estimate of drug-likeness (QED) is 0.840. The van der Waals surface area contributed by atoms with Crippen LogP contribution in [0, 0.1) is 0 Å². The molecule has 2 aromatic heterocycles. The van der Waals surface area contributed by atoms with Gasteiger partial charge in [0.05, 0.1) is 10.6 Å². The third-order valence-corrected chi connectivity index (χ3v) is 4.12. The van der Waals surface area contributed by atoms with E-state index < -0.39 is 5.91 Å². The van der Waals surface area contributed by atoms with E-state index in [1.54, 1.807) is 0 Å². The lowest BCUT2D eigenvalue weighted by molar-refractivity contribution is 0.100. The SMILES string of the molecule is CSc1nc2c(Cl)c(C(N)=O)cnc2s1. The van der Waals surface area contributed by atoms with Crippen molar-refractivity contribution in [3.63, 3.8) is 0 Å². The molecule has 1 amide bonds. The molecule has 0 atom stereocenters. The van der Waals surface area contributed by atoms with Gasteiger partial charge in [0.2, 0.25) is 0 Å². The third-order valence-electron chi connectivity index (χ3n) is 1.79. The molecule has 2 N–H and O–H groups in total. The number of thiazole rings is 1. The van der Waals surface area contributed by atoms with Gasteiger partial charge in [-0.15, -0.1) is 0 Å². The molecule has 7 heteroatoms. The van der Waals surface area contributed by atoms with E-state index in [-0.39, 0.29) is 10.6 Å². The molecule has 0 radical (unpaired) electrons. The van der Waals surface area contributed by atoms with Gasteiger partial charge in [-0.3, -0.25) is 4.79 Å². The number of hydrogen-bond donors (Lipinski definition) is 1. The second kappa shape index (κ2) is 3.96. The zero-order valence-corrected chi connectivity index (χ0v) is 10.0. The summed E-state index contributed by atoms with van der Waals surface area (Å²) in [5.74, 6) is -0.590. The molecule has 0 aliphatic rings. The highest BCUT2D eigenvalue weighted by atomic mass is 35.5. The van der Waals surface area contributed by atoms with Crippen molar-refractivity contribution in [2.24, 2.45) is 5.73 Å². The lowest BCUT2D eigenvalue weighted by Gasteiger charge is -1.97. The molecule has 0 saturated heterocycles. The molecule has 0 aromatic carbocycles. The number of thioether (sulfide) groups is 1. The van der Waals surface area contributed by atoms with Crippen LogP contribution in [0.5, 0.6) is 0 Å². The Morgan fingerprint density at radius 3 is 3.00 bits per heavy atom. The number of carbonyl (C=O) groups is 1. The average Bonchev–Trinajstić information content (AvgIpc) is 2.61. The van der Waals surface area contributed by atoms with Crippen molar-refractivity contribution in [3.05, 3.63) is 16.8 Å². The molecule has 0 saturated carbocycles. The Morgan fingerprint density at radius 2 is 2.40 bits per heavy atom. The van der Waals surface area contributed by atoms with Gasteiger partial charge in [0.1, 0.15) is 10.3 Å². The first kappa shape index (κ1) is 10.7. The largest absolute Gasteiger partial charge is 0.366 e. The molecule has 2 aromatic rings. The van der Waals surface area contributed by atoms with Crippen LogP contribution in [0.25, 0.3) is 10.3 Å². The van der Waals surface area contributed by atoms with Crippen molar-refractivity contribution in [2.45, 2.75) is 4.34 Å². The number of pyridine rings is 1. The Morgan fingerprint density at radius 1 is 1.67 bits per heavy atom. The summed E-state index contributed by atoms with van der Waals surface area (Å²) < 4.78 is 0.862. The molecule has 2 rings (SSSR count). The highest BCUT2D eigenvalue weighted by molar-refractivity contribution is 8.00. The fraction of sp³-hybridized carbons (Fsp3) is 0.125. The van der Waals surface area contributed by atoms with Gasteiger partial charge in [-0.1, -0.05) is 34.7 Å². The summed E-state index contributed by atoms with van der Waals surface area (Å²) in [6.07, 6.45) is 3.30. The van der Waals surface area contributed by atoms with Gasteiger partial charge in [-0.25, -0.2) is 9.97 Å². The summed E-state index contributed by atoms with van der Waals surface area (Å²) in [5, 5.41) is 0.282. The minimum Gasteiger partial charge on any atom is -0.366 e. The van der Waals surface area contributed by atoms with E-state index in [4.69, 9.17) is 17.3 Å². The van der Waals surface area contributed by atoms with Crippen LogP contribution in [0.4, 0.5) is 0 Å². The van der Waals surface area contributed by atoms with Crippen molar-refractivity contribution in [1.82, 2.24) is 9.97 Å². The van der Waals surface area contributed by atoms with E-state index in [0.29, 0.717) is 10.3 Å². The minimum absolute atomic E-state index is 0.210. The van der Waals surface area contributed by atoms with Crippen LogP contribution in [-0.2, 0) is 0 Å². The van der Waals surface area contributed by atoms with E-state index >= 15 is 0 Å². The number of nitrogens with two attached hydrogens (primary N) is 1. The molecule has 0 aliphatic carbocycles. The topological polar surface area (TPSA) is 68.9 Å². The van der Waals surface area contributed by atoms with Crippen LogP contribution >= 0.6 is 34.7 Å². The summed E-state index contributed by atoms with van der Waals surface area (Å²) in [5.41, 5.74) is 5.91. The van der Waals surface area contributed by atoms with E-state index in [1.807, 2.05) is 6.26 Å².